The Hall–Kier alpha value is -1.64. The van der Waals surface area contributed by atoms with E-state index in [9.17, 15) is 0 Å². The second kappa shape index (κ2) is 5.34. The Kier molecular flexibility index (Phi) is 3.40. The van der Waals surface area contributed by atoms with Crippen LogP contribution in [0.1, 0.15) is 29.9 Å². The van der Waals surface area contributed by atoms with E-state index in [0.717, 1.165) is 18.6 Å². The molecule has 0 aliphatic carbocycles. The molecule has 0 spiro atoms. The summed E-state index contributed by atoms with van der Waals surface area (Å²) in [7, 11) is 0. The quantitative estimate of drug-likeness (QED) is 0.793. The molecular weight excluding hydrogens is 224 g/mol. The fraction of sp³-hybridized carbons (Fsp3) is 0.250. The van der Waals surface area contributed by atoms with Crippen LogP contribution in [0.4, 0.5) is 0 Å². The minimum Gasteiger partial charge on any atom is -0.348 e. The zero-order valence-electron chi connectivity index (χ0n) is 10.2. The molecule has 0 radical (unpaired) electrons. The minimum atomic E-state index is -0.245. The summed E-state index contributed by atoms with van der Waals surface area (Å²) in [6.07, 6.45) is 0.795. The van der Waals surface area contributed by atoms with Crippen LogP contribution in [-0.4, -0.2) is 6.61 Å². The molecule has 0 N–H and O–H groups in total. The molecule has 1 aliphatic heterocycles. The van der Waals surface area contributed by atoms with E-state index < -0.39 is 0 Å². The second-order valence-electron chi connectivity index (χ2n) is 4.44. The lowest BCUT2D eigenvalue weighted by molar-refractivity contribution is -0.219. The van der Waals surface area contributed by atoms with Crippen LogP contribution in [0.15, 0.2) is 60.7 Å². The molecule has 3 rings (SSSR count). The van der Waals surface area contributed by atoms with E-state index in [-0.39, 0.29) is 12.4 Å². The molecule has 0 unspecified atom stereocenters. The Labute approximate surface area is 107 Å². The maximum Gasteiger partial charge on any atom is 0.184 e. The van der Waals surface area contributed by atoms with Gasteiger partial charge in [-0.1, -0.05) is 60.7 Å². The molecule has 1 saturated heterocycles. The molecule has 92 valence electrons. The van der Waals surface area contributed by atoms with Crippen molar-refractivity contribution in [3.05, 3.63) is 71.8 Å². The van der Waals surface area contributed by atoms with Gasteiger partial charge in [0.25, 0.3) is 0 Å². The minimum absolute atomic E-state index is 0.130. The standard InChI is InChI=1S/C16H16O2/c1-3-7-13(8-4-1)15-11-12-17-16(18-15)14-9-5-2-6-10-14/h1-10,15-16H,11-12H2/t15-,16-/m1/s1. The van der Waals surface area contributed by atoms with Gasteiger partial charge >= 0.3 is 0 Å². The summed E-state index contributed by atoms with van der Waals surface area (Å²) >= 11 is 0. The molecule has 2 heteroatoms. The topological polar surface area (TPSA) is 18.5 Å². The monoisotopic (exact) mass is 240 g/mol. The first-order chi connectivity index (χ1) is 8.93. The van der Waals surface area contributed by atoms with Gasteiger partial charge in [-0.3, -0.25) is 0 Å². The fourth-order valence-electron chi connectivity index (χ4n) is 2.24. The third-order valence-corrected chi connectivity index (χ3v) is 3.18. The van der Waals surface area contributed by atoms with Crippen molar-refractivity contribution in [3.63, 3.8) is 0 Å². The normalized spacial score (nSPS) is 23.8. The smallest absolute Gasteiger partial charge is 0.184 e. The number of hydrogen-bond acceptors (Lipinski definition) is 2. The Balaban J connectivity index is 1.77. The van der Waals surface area contributed by atoms with Gasteiger partial charge in [-0.15, -0.1) is 0 Å². The third-order valence-electron chi connectivity index (χ3n) is 3.18. The summed E-state index contributed by atoms with van der Waals surface area (Å²) in [5.74, 6) is 0. The van der Waals surface area contributed by atoms with Crippen LogP contribution in [0.25, 0.3) is 0 Å². The zero-order chi connectivity index (χ0) is 12.2. The molecule has 2 atom stereocenters. The molecule has 1 aliphatic rings. The predicted octanol–water partition coefficient (Wildman–Crippen LogP) is 3.86. The molecule has 0 aromatic heterocycles. The van der Waals surface area contributed by atoms with Crippen molar-refractivity contribution in [2.45, 2.75) is 18.8 Å². The van der Waals surface area contributed by atoms with E-state index in [0.29, 0.717) is 0 Å². The lowest BCUT2D eigenvalue weighted by atomic mass is 10.1. The maximum atomic E-state index is 6.04. The van der Waals surface area contributed by atoms with Crippen LogP contribution < -0.4 is 0 Å². The van der Waals surface area contributed by atoms with Crippen molar-refractivity contribution >= 4 is 0 Å². The van der Waals surface area contributed by atoms with E-state index in [1.54, 1.807) is 0 Å². The molecular formula is C16H16O2. The number of rotatable bonds is 2. The summed E-state index contributed by atoms with van der Waals surface area (Å²) in [6, 6.07) is 20.4. The summed E-state index contributed by atoms with van der Waals surface area (Å²) in [4.78, 5) is 0. The van der Waals surface area contributed by atoms with Crippen LogP contribution in [-0.2, 0) is 9.47 Å². The Morgan fingerprint density at radius 1 is 0.778 bits per heavy atom. The van der Waals surface area contributed by atoms with Crippen molar-refractivity contribution < 1.29 is 9.47 Å². The first kappa shape index (κ1) is 11.5. The average molecular weight is 240 g/mol. The maximum absolute atomic E-state index is 6.04. The summed E-state index contributed by atoms with van der Waals surface area (Å²) in [6.45, 7) is 0.735. The molecule has 2 nitrogen and oxygen atoms in total. The van der Waals surface area contributed by atoms with Crippen molar-refractivity contribution in [3.8, 4) is 0 Å². The van der Waals surface area contributed by atoms with Gasteiger partial charge in [0.05, 0.1) is 12.7 Å². The summed E-state index contributed by atoms with van der Waals surface area (Å²) in [5, 5.41) is 0. The van der Waals surface area contributed by atoms with Crippen LogP contribution in [0.3, 0.4) is 0 Å². The van der Waals surface area contributed by atoms with Crippen LogP contribution in [0.5, 0.6) is 0 Å². The molecule has 0 saturated carbocycles. The van der Waals surface area contributed by atoms with E-state index in [2.05, 4.69) is 12.1 Å². The van der Waals surface area contributed by atoms with Crippen molar-refractivity contribution in [1.29, 1.82) is 0 Å². The average Bonchev–Trinajstić information content (AvgIpc) is 2.49. The van der Waals surface area contributed by atoms with Crippen LogP contribution in [0, 0.1) is 0 Å². The highest BCUT2D eigenvalue weighted by Crippen LogP contribution is 2.34. The van der Waals surface area contributed by atoms with Gasteiger partial charge in [0.1, 0.15) is 0 Å². The van der Waals surface area contributed by atoms with Gasteiger partial charge in [0.2, 0.25) is 0 Å². The Bertz CT molecular complexity index is 435. The van der Waals surface area contributed by atoms with Crippen molar-refractivity contribution in [2.24, 2.45) is 0 Å². The highest BCUT2D eigenvalue weighted by Gasteiger charge is 2.25. The van der Waals surface area contributed by atoms with E-state index >= 15 is 0 Å². The SMILES string of the molecule is c1ccc([C@@H]2OCC[C@H](c3ccccc3)O2)cc1. The molecule has 0 bridgehead atoms. The first-order valence-electron chi connectivity index (χ1n) is 6.30. The van der Waals surface area contributed by atoms with Crippen molar-refractivity contribution in [1.82, 2.24) is 0 Å². The van der Waals surface area contributed by atoms with Gasteiger partial charge in [-0.2, -0.15) is 0 Å². The first-order valence-corrected chi connectivity index (χ1v) is 6.30. The van der Waals surface area contributed by atoms with E-state index in [4.69, 9.17) is 9.47 Å². The fourth-order valence-corrected chi connectivity index (χ4v) is 2.24. The predicted molar refractivity (Wildman–Crippen MR) is 70.0 cm³/mol. The molecule has 0 amide bonds. The summed E-state index contributed by atoms with van der Waals surface area (Å²) < 4.78 is 11.7. The van der Waals surface area contributed by atoms with Crippen LogP contribution in [0.2, 0.25) is 0 Å². The summed E-state index contributed by atoms with van der Waals surface area (Å²) in [5.41, 5.74) is 2.31. The van der Waals surface area contributed by atoms with Gasteiger partial charge in [0, 0.05) is 12.0 Å². The molecule has 2 aromatic carbocycles. The molecule has 1 heterocycles. The largest absolute Gasteiger partial charge is 0.348 e. The lowest BCUT2D eigenvalue weighted by Crippen LogP contribution is -2.21. The third kappa shape index (κ3) is 2.45. The van der Waals surface area contributed by atoms with Gasteiger partial charge < -0.3 is 9.47 Å². The van der Waals surface area contributed by atoms with Gasteiger partial charge in [0.15, 0.2) is 6.29 Å². The molecule has 2 aromatic rings. The number of ether oxygens (including phenoxy) is 2. The van der Waals surface area contributed by atoms with Gasteiger partial charge in [-0.25, -0.2) is 0 Å². The highest BCUT2D eigenvalue weighted by molar-refractivity contribution is 5.20. The second-order valence-corrected chi connectivity index (χ2v) is 4.44. The number of benzene rings is 2. The molecule has 18 heavy (non-hydrogen) atoms. The highest BCUT2D eigenvalue weighted by atomic mass is 16.7. The zero-order valence-corrected chi connectivity index (χ0v) is 10.2. The van der Waals surface area contributed by atoms with Gasteiger partial charge in [-0.05, 0) is 5.56 Å². The van der Waals surface area contributed by atoms with E-state index in [1.165, 1.54) is 5.56 Å². The number of hydrogen-bond donors (Lipinski definition) is 0. The Morgan fingerprint density at radius 3 is 2.06 bits per heavy atom. The van der Waals surface area contributed by atoms with Crippen molar-refractivity contribution in [2.75, 3.05) is 6.61 Å². The molecule has 1 fully saturated rings. The van der Waals surface area contributed by atoms with Crippen LogP contribution >= 0.6 is 0 Å². The Morgan fingerprint density at radius 2 is 1.39 bits per heavy atom. The van der Waals surface area contributed by atoms with E-state index in [1.807, 2.05) is 48.5 Å². The lowest BCUT2D eigenvalue weighted by Gasteiger charge is -2.30.